The van der Waals surface area contributed by atoms with E-state index in [9.17, 15) is 27.8 Å². The molecular weight excluding hydrogens is 467 g/mol. The van der Waals surface area contributed by atoms with Gasteiger partial charge in [-0.15, -0.1) is 0 Å². The van der Waals surface area contributed by atoms with Crippen LogP contribution in [0.3, 0.4) is 0 Å². The fourth-order valence-electron chi connectivity index (χ4n) is 2.72. The third kappa shape index (κ3) is 6.65. The second kappa shape index (κ2) is 10.5. The van der Waals surface area contributed by atoms with Crippen LogP contribution in [-0.2, 0) is 17.1 Å². The van der Waals surface area contributed by atoms with Crippen LogP contribution in [0.2, 0.25) is 0 Å². The number of aliphatic hydroxyl groups excluding tert-OH is 1. The Morgan fingerprint density at radius 2 is 2.12 bits per heavy atom. The molecule has 1 heterocycles. The van der Waals surface area contributed by atoms with E-state index in [0.29, 0.717) is 0 Å². The molecule has 0 spiro atoms. The fraction of sp³-hybridized carbons (Fsp3) is 0.318. The van der Waals surface area contributed by atoms with Crippen LogP contribution in [0.25, 0.3) is 0 Å². The number of aromatic nitrogens is 1. The van der Waals surface area contributed by atoms with Crippen molar-refractivity contribution >= 4 is 28.3 Å². The highest BCUT2D eigenvalue weighted by Crippen LogP contribution is 2.32. The second-order valence-electron chi connectivity index (χ2n) is 7.63. The largest absolute Gasteiger partial charge is 0.490 e. The molecule has 1 aromatic carbocycles. The molecular formula is C22H23FN4O6S. The molecule has 3 N–H and O–H groups in total. The first-order chi connectivity index (χ1) is 15.8. The first kappa shape index (κ1) is 26.5. The van der Waals surface area contributed by atoms with E-state index >= 15 is 0 Å². The summed E-state index contributed by atoms with van der Waals surface area (Å²) in [6, 6.07) is 5.02. The maximum Gasteiger partial charge on any atom is 0.286 e. The van der Waals surface area contributed by atoms with Crippen molar-refractivity contribution < 1.29 is 32.6 Å². The molecule has 10 nitrogen and oxygen atoms in total. The SMILES string of the molecule is C=NS(=O)(=O)c1cn(C)c(C(=O)Nc2ccc(F)c(C#N)c2)c1OCC[C@H](O)C#CC(C)(C)O. The van der Waals surface area contributed by atoms with Gasteiger partial charge in [0.05, 0.1) is 12.2 Å². The normalized spacial score (nSPS) is 12.1. The number of carbonyl (C=O) groups is 1. The third-order valence-electron chi connectivity index (χ3n) is 4.29. The highest BCUT2D eigenvalue weighted by atomic mass is 32.2. The van der Waals surface area contributed by atoms with Crippen molar-refractivity contribution in [2.75, 3.05) is 11.9 Å². The Balaban J connectivity index is 2.36. The number of nitrogens with zero attached hydrogens (tertiary/aromatic N) is 3. The summed E-state index contributed by atoms with van der Waals surface area (Å²) in [7, 11) is -2.86. The Labute approximate surface area is 196 Å². The monoisotopic (exact) mass is 490 g/mol. The maximum absolute atomic E-state index is 13.6. The molecule has 0 radical (unpaired) electrons. The van der Waals surface area contributed by atoms with Gasteiger partial charge in [-0.25, -0.2) is 4.39 Å². The number of amides is 1. The molecule has 1 aromatic heterocycles. The summed E-state index contributed by atoms with van der Waals surface area (Å²) in [5.74, 6) is 2.99. The van der Waals surface area contributed by atoms with Gasteiger partial charge in [0.2, 0.25) is 0 Å². The van der Waals surface area contributed by atoms with Gasteiger partial charge in [-0.2, -0.15) is 18.1 Å². The van der Waals surface area contributed by atoms with E-state index in [1.54, 1.807) is 6.07 Å². The number of nitriles is 1. The number of hydrogen-bond acceptors (Lipinski definition) is 7. The van der Waals surface area contributed by atoms with E-state index in [2.05, 4.69) is 28.3 Å². The van der Waals surface area contributed by atoms with E-state index in [1.807, 2.05) is 0 Å². The van der Waals surface area contributed by atoms with Crippen LogP contribution >= 0.6 is 0 Å². The average Bonchev–Trinajstić information content (AvgIpc) is 3.10. The number of hydrogen-bond donors (Lipinski definition) is 3. The van der Waals surface area contributed by atoms with E-state index in [1.165, 1.54) is 31.5 Å². The molecule has 12 heteroatoms. The Hall–Kier alpha value is -3.71. The van der Waals surface area contributed by atoms with Gasteiger partial charge in [-0.1, -0.05) is 11.8 Å². The highest BCUT2D eigenvalue weighted by molar-refractivity contribution is 7.90. The first-order valence-corrected chi connectivity index (χ1v) is 11.2. The molecule has 0 aliphatic rings. The molecule has 0 aliphatic carbocycles. The summed E-state index contributed by atoms with van der Waals surface area (Å²) in [4.78, 5) is 12.5. The molecule has 0 bridgehead atoms. The molecule has 0 aliphatic heterocycles. The van der Waals surface area contributed by atoms with E-state index < -0.39 is 38.3 Å². The van der Waals surface area contributed by atoms with Crippen molar-refractivity contribution in [3.05, 3.63) is 41.5 Å². The number of aliphatic hydroxyl groups is 2. The molecule has 0 saturated carbocycles. The average molecular weight is 491 g/mol. The van der Waals surface area contributed by atoms with Crippen molar-refractivity contribution in [3.8, 4) is 23.7 Å². The van der Waals surface area contributed by atoms with Gasteiger partial charge >= 0.3 is 0 Å². The summed E-state index contributed by atoms with van der Waals surface area (Å²) in [5, 5.41) is 31.0. The number of aryl methyl sites for hydroxylation is 1. The predicted molar refractivity (Wildman–Crippen MR) is 121 cm³/mol. The summed E-state index contributed by atoms with van der Waals surface area (Å²) in [6.45, 7) is 5.68. The van der Waals surface area contributed by atoms with Crippen molar-refractivity contribution in [2.45, 2.75) is 36.9 Å². The van der Waals surface area contributed by atoms with Gasteiger partial charge in [-0.05, 0) is 32.0 Å². The lowest BCUT2D eigenvalue weighted by Crippen LogP contribution is -2.19. The van der Waals surface area contributed by atoms with Gasteiger partial charge < -0.3 is 24.8 Å². The Morgan fingerprint density at radius 3 is 2.71 bits per heavy atom. The molecule has 2 aromatic rings. The topological polar surface area (TPSA) is 154 Å². The van der Waals surface area contributed by atoms with Crippen LogP contribution in [0.5, 0.6) is 5.75 Å². The predicted octanol–water partition coefficient (Wildman–Crippen LogP) is 1.58. The summed E-state index contributed by atoms with van der Waals surface area (Å²) in [5.41, 5.74) is -1.71. The number of nitrogens with one attached hydrogen (secondary N) is 1. The molecule has 0 fully saturated rings. The second-order valence-corrected chi connectivity index (χ2v) is 9.28. The lowest BCUT2D eigenvalue weighted by molar-refractivity contribution is 0.101. The number of halogens is 1. The number of benzene rings is 1. The molecule has 1 amide bonds. The van der Waals surface area contributed by atoms with Crippen molar-refractivity contribution in [1.82, 2.24) is 4.57 Å². The van der Waals surface area contributed by atoms with Crippen molar-refractivity contribution in [2.24, 2.45) is 11.4 Å². The Morgan fingerprint density at radius 1 is 1.44 bits per heavy atom. The van der Waals surface area contributed by atoms with E-state index in [0.717, 1.165) is 18.3 Å². The van der Waals surface area contributed by atoms with Gasteiger partial charge in [0.25, 0.3) is 15.9 Å². The minimum Gasteiger partial charge on any atom is -0.490 e. The number of sulfonamides is 1. The number of rotatable bonds is 8. The summed E-state index contributed by atoms with van der Waals surface area (Å²) >= 11 is 0. The van der Waals surface area contributed by atoms with Crippen LogP contribution in [0.4, 0.5) is 10.1 Å². The van der Waals surface area contributed by atoms with Crippen LogP contribution in [-0.4, -0.2) is 54.1 Å². The third-order valence-corrected chi connectivity index (χ3v) is 5.48. The number of ether oxygens (including phenoxy) is 1. The quantitative estimate of drug-likeness (QED) is 0.375. The molecule has 2 rings (SSSR count). The van der Waals surface area contributed by atoms with Crippen LogP contribution in [0.15, 0.2) is 33.7 Å². The molecule has 0 saturated heterocycles. The number of anilines is 1. The fourth-order valence-corrected chi connectivity index (χ4v) is 3.54. The maximum atomic E-state index is 13.6. The van der Waals surface area contributed by atoms with E-state index in [-0.39, 0.29) is 35.7 Å². The molecule has 1 atom stereocenters. The highest BCUT2D eigenvalue weighted by Gasteiger charge is 2.29. The van der Waals surface area contributed by atoms with Gasteiger partial charge in [0.15, 0.2) is 11.4 Å². The van der Waals surface area contributed by atoms with Crippen LogP contribution in [0, 0.1) is 29.0 Å². The van der Waals surface area contributed by atoms with Crippen LogP contribution < -0.4 is 10.1 Å². The minimum atomic E-state index is -4.26. The number of carbonyl (C=O) groups excluding carboxylic acids is 1. The van der Waals surface area contributed by atoms with Gasteiger partial charge in [-0.3, -0.25) is 4.79 Å². The van der Waals surface area contributed by atoms with Crippen molar-refractivity contribution in [3.63, 3.8) is 0 Å². The summed E-state index contributed by atoms with van der Waals surface area (Å²) in [6.07, 6.45) is -0.137. The smallest absolute Gasteiger partial charge is 0.286 e. The van der Waals surface area contributed by atoms with Gasteiger partial charge in [0.1, 0.15) is 28.5 Å². The molecule has 34 heavy (non-hydrogen) atoms. The standard InChI is InChI=1S/C22H23FN4O6S/c1-22(2,30)9-7-16(28)8-10-33-20-18(34(31,32)25-3)13-27(4)19(20)21(29)26-15-5-6-17(23)14(11-15)12-24/h5-6,11,13,16,28,30H,3,8,10H2,1-2,4H3,(H,26,29)/t16-/m1/s1. The Bertz CT molecular complexity index is 1310. The zero-order valence-corrected chi connectivity index (χ0v) is 19.5. The first-order valence-electron chi connectivity index (χ1n) is 9.78. The van der Waals surface area contributed by atoms with Crippen LogP contribution in [0.1, 0.15) is 36.3 Å². The lowest BCUT2D eigenvalue weighted by atomic mass is 10.1. The van der Waals surface area contributed by atoms with E-state index in [4.69, 9.17) is 10.00 Å². The molecule has 0 unspecified atom stereocenters. The zero-order valence-electron chi connectivity index (χ0n) is 18.7. The summed E-state index contributed by atoms with van der Waals surface area (Å²) < 4.78 is 48.2. The lowest BCUT2D eigenvalue weighted by Gasteiger charge is -2.12. The Kier molecular flexibility index (Phi) is 8.18. The molecule has 180 valence electrons. The van der Waals surface area contributed by atoms with Crippen molar-refractivity contribution in [1.29, 1.82) is 5.26 Å². The zero-order chi connectivity index (χ0) is 25.7. The minimum absolute atomic E-state index is 0.0659. The van der Waals surface area contributed by atoms with Gasteiger partial charge in [0, 0.05) is 32.1 Å².